The Morgan fingerprint density at radius 2 is 2.23 bits per heavy atom. The van der Waals surface area contributed by atoms with Crippen molar-refractivity contribution in [3.8, 4) is 0 Å². The van der Waals surface area contributed by atoms with Crippen LogP contribution in [0.5, 0.6) is 0 Å². The summed E-state index contributed by atoms with van der Waals surface area (Å²) >= 11 is 5.20. The van der Waals surface area contributed by atoms with E-state index in [0.717, 1.165) is 0 Å². The molecule has 0 unspecified atom stereocenters. The number of aromatic nitrogens is 1. The lowest BCUT2D eigenvalue weighted by atomic mass is 10.2. The minimum atomic E-state index is -0.777. The van der Waals surface area contributed by atoms with E-state index in [1.807, 2.05) is 0 Å². The second-order valence-electron chi connectivity index (χ2n) is 2.16. The van der Waals surface area contributed by atoms with Gasteiger partial charge in [0, 0.05) is 6.20 Å². The molecule has 13 heavy (non-hydrogen) atoms. The second-order valence-corrected chi connectivity index (χ2v) is 2.51. The zero-order chi connectivity index (χ0) is 9.84. The Kier molecular flexibility index (Phi) is 2.97. The summed E-state index contributed by atoms with van der Waals surface area (Å²) in [7, 11) is 1.22. The molecule has 1 rings (SSSR count). The highest BCUT2D eigenvalue weighted by atomic mass is 35.5. The maximum atomic E-state index is 11.1. The van der Waals surface area contributed by atoms with E-state index < -0.39 is 11.2 Å². The lowest BCUT2D eigenvalue weighted by Gasteiger charge is -2.01. The molecule has 0 aliphatic rings. The highest BCUT2D eigenvalue weighted by Crippen LogP contribution is 2.09. The van der Waals surface area contributed by atoms with Gasteiger partial charge in [0.25, 0.3) is 5.24 Å². The van der Waals surface area contributed by atoms with Crippen molar-refractivity contribution in [2.45, 2.75) is 0 Å². The van der Waals surface area contributed by atoms with Gasteiger partial charge in [0.05, 0.1) is 12.7 Å². The van der Waals surface area contributed by atoms with E-state index in [1.165, 1.54) is 25.4 Å². The van der Waals surface area contributed by atoms with Crippen LogP contribution in [0, 0.1) is 0 Å². The highest BCUT2D eigenvalue weighted by molar-refractivity contribution is 6.67. The van der Waals surface area contributed by atoms with Crippen molar-refractivity contribution in [2.75, 3.05) is 7.11 Å². The summed E-state index contributed by atoms with van der Waals surface area (Å²) in [5.41, 5.74) is -0.0129. The predicted octanol–water partition coefficient (Wildman–Crippen LogP) is 1.25. The molecule has 0 atom stereocenters. The Hall–Kier alpha value is -1.42. The van der Waals surface area contributed by atoms with Gasteiger partial charge in [-0.2, -0.15) is 0 Å². The van der Waals surface area contributed by atoms with Crippen LogP contribution in [0.1, 0.15) is 20.8 Å². The summed E-state index contributed by atoms with van der Waals surface area (Å²) in [6.07, 6.45) is 1.38. The number of hydrogen-bond acceptors (Lipinski definition) is 4. The molecule has 0 radical (unpaired) electrons. The molecule has 5 heteroatoms. The van der Waals surface area contributed by atoms with Crippen LogP contribution in [0.2, 0.25) is 0 Å². The number of ether oxygens (including phenoxy) is 1. The van der Waals surface area contributed by atoms with Gasteiger partial charge >= 0.3 is 5.97 Å². The first kappa shape index (κ1) is 9.67. The summed E-state index contributed by atoms with van der Waals surface area (Å²) in [5, 5.41) is -0.777. The minimum Gasteiger partial charge on any atom is -0.465 e. The molecular formula is C8H6ClNO3. The number of rotatable bonds is 2. The van der Waals surface area contributed by atoms with E-state index in [4.69, 9.17) is 11.6 Å². The van der Waals surface area contributed by atoms with Gasteiger partial charge in [-0.15, -0.1) is 0 Å². The number of methoxy groups -OCH3 is 1. The van der Waals surface area contributed by atoms with E-state index in [0.29, 0.717) is 0 Å². The van der Waals surface area contributed by atoms with Crippen molar-refractivity contribution in [2.24, 2.45) is 0 Å². The number of esters is 1. The summed E-state index contributed by atoms with van der Waals surface area (Å²) in [6, 6.07) is 2.95. The molecule has 1 aromatic heterocycles. The Bertz CT molecular complexity index is 351. The fourth-order valence-electron chi connectivity index (χ4n) is 0.837. The third kappa shape index (κ3) is 2.03. The average molecular weight is 200 g/mol. The number of halogens is 1. The molecule has 0 aliphatic carbocycles. The number of pyridine rings is 1. The summed E-state index contributed by atoms with van der Waals surface area (Å²) in [4.78, 5) is 25.5. The number of nitrogens with zero attached hydrogens (tertiary/aromatic N) is 1. The smallest absolute Gasteiger partial charge is 0.340 e. The second kappa shape index (κ2) is 4.00. The van der Waals surface area contributed by atoms with Crippen LogP contribution in [0.15, 0.2) is 18.3 Å². The molecule has 1 aromatic rings. The van der Waals surface area contributed by atoms with Gasteiger partial charge in [-0.1, -0.05) is 0 Å². The van der Waals surface area contributed by atoms with Gasteiger partial charge in [-0.05, 0) is 23.7 Å². The fraction of sp³-hybridized carbons (Fsp3) is 0.125. The van der Waals surface area contributed by atoms with Gasteiger partial charge in [0.1, 0.15) is 5.69 Å². The Balaban J connectivity index is 3.19. The van der Waals surface area contributed by atoms with Crippen molar-refractivity contribution < 1.29 is 14.3 Å². The third-order valence-corrected chi connectivity index (χ3v) is 1.58. The monoisotopic (exact) mass is 199 g/mol. The molecule has 0 fully saturated rings. The molecule has 0 bridgehead atoms. The SMILES string of the molecule is COC(=O)c1cccnc1C(=O)Cl. The summed E-state index contributed by atoms with van der Waals surface area (Å²) in [5.74, 6) is -0.628. The molecule has 4 nitrogen and oxygen atoms in total. The van der Waals surface area contributed by atoms with E-state index in [1.54, 1.807) is 0 Å². The van der Waals surface area contributed by atoms with E-state index in [2.05, 4.69) is 9.72 Å². The maximum Gasteiger partial charge on any atom is 0.340 e. The molecule has 1 heterocycles. The van der Waals surface area contributed by atoms with Gasteiger partial charge in [-0.25, -0.2) is 4.79 Å². The van der Waals surface area contributed by atoms with Gasteiger partial charge in [0.15, 0.2) is 0 Å². The van der Waals surface area contributed by atoms with Crippen molar-refractivity contribution in [1.82, 2.24) is 4.98 Å². The highest BCUT2D eigenvalue weighted by Gasteiger charge is 2.16. The summed E-state index contributed by atoms with van der Waals surface area (Å²) in [6.45, 7) is 0. The van der Waals surface area contributed by atoms with Crippen LogP contribution in [-0.2, 0) is 4.74 Å². The molecule has 0 amide bonds. The topological polar surface area (TPSA) is 56.3 Å². The Labute approximate surface area is 79.5 Å². The van der Waals surface area contributed by atoms with Crippen molar-refractivity contribution in [1.29, 1.82) is 0 Å². The van der Waals surface area contributed by atoms with Gasteiger partial charge in [0.2, 0.25) is 0 Å². The average Bonchev–Trinajstić information content (AvgIpc) is 2.16. The van der Waals surface area contributed by atoms with Crippen molar-refractivity contribution >= 4 is 22.8 Å². The predicted molar refractivity (Wildman–Crippen MR) is 45.8 cm³/mol. The first-order chi connectivity index (χ1) is 6.16. The molecule has 68 valence electrons. The molecule has 0 aliphatic heterocycles. The molecular weight excluding hydrogens is 194 g/mol. The minimum absolute atomic E-state index is 0.0741. The van der Waals surface area contributed by atoms with Gasteiger partial charge < -0.3 is 4.74 Å². The summed E-state index contributed by atoms with van der Waals surface area (Å²) < 4.78 is 4.44. The Morgan fingerprint density at radius 1 is 1.54 bits per heavy atom. The molecule has 0 saturated heterocycles. The lowest BCUT2D eigenvalue weighted by Crippen LogP contribution is -2.09. The fourth-order valence-corrected chi connectivity index (χ4v) is 0.987. The number of carbonyl (C=O) groups is 2. The van der Waals surface area contributed by atoms with Crippen LogP contribution >= 0.6 is 11.6 Å². The van der Waals surface area contributed by atoms with Crippen LogP contribution in [0.4, 0.5) is 0 Å². The van der Waals surface area contributed by atoms with Crippen molar-refractivity contribution in [3.05, 3.63) is 29.6 Å². The largest absolute Gasteiger partial charge is 0.465 e. The standard InChI is InChI=1S/C8H6ClNO3/c1-13-8(12)5-3-2-4-10-6(5)7(9)11/h2-4H,1H3. The molecule has 0 N–H and O–H groups in total. The lowest BCUT2D eigenvalue weighted by molar-refractivity contribution is 0.0597. The Morgan fingerprint density at radius 3 is 2.77 bits per heavy atom. The number of hydrogen-bond donors (Lipinski definition) is 0. The van der Waals surface area contributed by atoms with Crippen molar-refractivity contribution in [3.63, 3.8) is 0 Å². The first-order valence-electron chi connectivity index (χ1n) is 3.40. The van der Waals surface area contributed by atoms with Gasteiger partial charge in [-0.3, -0.25) is 9.78 Å². The maximum absolute atomic E-state index is 11.1. The van der Waals surface area contributed by atoms with Crippen LogP contribution in [0.25, 0.3) is 0 Å². The van der Waals surface area contributed by atoms with Crippen LogP contribution in [0.3, 0.4) is 0 Å². The molecule has 0 saturated carbocycles. The quantitative estimate of drug-likeness (QED) is 0.531. The van der Waals surface area contributed by atoms with E-state index in [9.17, 15) is 9.59 Å². The normalized spacial score (nSPS) is 9.38. The van der Waals surface area contributed by atoms with E-state index in [-0.39, 0.29) is 11.3 Å². The molecule has 0 spiro atoms. The zero-order valence-corrected chi connectivity index (χ0v) is 7.54. The van der Waals surface area contributed by atoms with Crippen LogP contribution < -0.4 is 0 Å². The first-order valence-corrected chi connectivity index (χ1v) is 3.77. The number of carbonyl (C=O) groups excluding carboxylic acids is 2. The molecule has 0 aromatic carbocycles. The van der Waals surface area contributed by atoms with Crippen LogP contribution in [-0.4, -0.2) is 23.3 Å². The van der Waals surface area contributed by atoms with E-state index >= 15 is 0 Å². The zero-order valence-electron chi connectivity index (χ0n) is 6.78. The third-order valence-electron chi connectivity index (χ3n) is 1.40.